The smallest absolute Gasteiger partial charge is 0.168 e. The SMILES string of the molecule is COc1ccc(-c2cc3ccc(C(=O)C(C)(C)C)cc3[nH]2)cc1. The molecule has 0 spiro atoms. The predicted molar refractivity (Wildman–Crippen MR) is 94.1 cm³/mol. The highest BCUT2D eigenvalue weighted by molar-refractivity contribution is 6.02. The first-order valence-electron chi connectivity index (χ1n) is 7.70. The summed E-state index contributed by atoms with van der Waals surface area (Å²) in [6, 6.07) is 15.9. The average molecular weight is 307 g/mol. The van der Waals surface area contributed by atoms with Crippen molar-refractivity contribution in [3.63, 3.8) is 0 Å². The third kappa shape index (κ3) is 3.00. The van der Waals surface area contributed by atoms with E-state index in [1.54, 1.807) is 7.11 Å². The molecule has 0 aliphatic heterocycles. The minimum Gasteiger partial charge on any atom is -0.497 e. The highest BCUT2D eigenvalue weighted by Crippen LogP contribution is 2.28. The van der Waals surface area contributed by atoms with Gasteiger partial charge in [-0.2, -0.15) is 0 Å². The second kappa shape index (κ2) is 5.58. The summed E-state index contributed by atoms with van der Waals surface area (Å²) in [7, 11) is 1.66. The quantitative estimate of drug-likeness (QED) is 0.686. The van der Waals surface area contributed by atoms with Crippen molar-refractivity contribution in [2.75, 3.05) is 7.11 Å². The van der Waals surface area contributed by atoms with Crippen LogP contribution in [0.5, 0.6) is 5.75 Å². The molecule has 0 atom stereocenters. The van der Waals surface area contributed by atoms with Crippen LogP contribution >= 0.6 is 0 Å². The van der Waals surface area contributed by atoms with Gasteiger partial charge in [0, 0.05) is 27.6 Å². The van der Waals surface area contributed by atoms with Crippen LogP contribution < -0.4 is 4.74 Å². The fourth-order valence-electron chi connectivity index (χ4n) is 2.63. The van der Waals surface area contributed by atoms with Crippen LogP contribution in [0.2, 0.25) is 0 Å². The van der Waals surface area contributed by atoms with E-state index in [2.05, 4.69) is 11.1 Å². The molecule has 3 nitrogen and oxygen atoms in total. The first kappa shape index (κ1) is 15.3. The molecule has 0 aliphatic rings. The Kier molecular flexibility index (Phi) is 3.72. The lowest BCUT2D eigenvalue weighted by atomic mass is 9.86. The number of benzene rings is 2. The number of aromatic amines is 1. The lowest BCUT2D eigenvalue weighted by Gasteiger charge is -2.16. The third-order valence-corrected chi connectivity index (χ3v) is 3.97. The minimum atomic E-state index is -0.376. The number of Topliss-reactive ketones (excluding diaryl/α,β-unsaturated/α-hetero) is 1. The van der Waals surface area contributed by atoms with Crippen molar-refractivity contribution in [3.8, 4) is 17.0 Å². The van der Waals surface area contributed by atoms with E-state index in [-0.39, 0.29) is 11.2 Å². The Morgan fingerprint density at radius 1 is 1.00 bits per heavy atom. The lowest BCUT2D eigenvalue weighted by Crippen LogP contribution is -2.19. The van der Waals surface area contributed by atoms with E-state index < -0.39 is 0 Å². The Balaban J connectivity index is 2.00. The standard InChI is InChI=1S/C20H21NO2/c1-20(2,3)19(22)15-6-5-14-11-17(21-18(14)12-15)13-7-9-16(23-4)10-8-13/h5-12,21H,1-4H3. The zero-order valence-electron chi connectivity index (χ0n) is 13.9. The predicted octanol–water partition coefficient (Wildman–Crippen LogP) is 5.07. The molecule has 3 aromatic rings. The number of methoxy groups -OCH3 is 1. The zero-order valence-corrected chi connectivity index (χ0v) is 13.9. The molecule has 2 aromatic carbocycles. The molecule has 3 heteroatoms. The summed E-state index contributed by atoms with van der Waals surface area (Å²) >= 11 is 0. The van der Waals surface area contributed by atoms with Crippen molar-refractivity contribution < 1.29 is 9.53 Å². The van der Waals surface area contributed by atoms with Gasteiger partial charge in [-0.3, -0.25) is 4.79 Å². The van der Waals surface area contributed by atoms with E-state index in [1.807, 2.05) is 63.2 Å². The molecule has 1 aromatic heterocycles. The monoisotopic (exact) mass is 307 g/mol. The van der Waals surface area contributed by atoms with E-state index in [9.17, 15) is 4.79 Å². The molecule has 0 radical (unpaired) electrons. The first-order chi connectivity index (χ1) is 10.9. The Labute approximate surface area is 136 Å². The molecule has 0 fully saturated rings. The zero-order chi connectivity index (χ0) is 16.6. The number of H-pyrrole nitrogens is 1. The molecule has 118 valence electrons. The van der Waals surface area contributed by atoms with Crippen LogP contribution in [0, 0.1) is 5.41 Å². The maximum Gasteiger partial charge on any atom is 0.168 e. The van der Waals surface area contributed by atoms with E-state index >= 15 is 0 Å². The Bertz CT molecular complexity index is 851. The van der Waals surface area contributed by atoms with Gasteiger partial charge < -0.3 is 9.72 Å². The molecule has 1 heterocycles. The summed E-state index contributed by atoms with van der Waals surface area (Å²) in [6.45, 7) is 5.82. The van der Waals surface area contributed by atoms with Crippen LogP contribution in [-0.2, 0) is 0 Å². The molecule has 0 bridgehead atoms. The van der Waals surface area contributed by atoms with Gasteiger partial charge in [-0.1, -0.05) is 32.9 Å². The normalized spacial score (nSPS) is 11.7. The van der Waals surface area contributed by atoms with Crippen LogP contribution in [0.3, 0.4) is 0 Å². The molecule has 0 saturated carbocycles. The summed E-state index contributed by atoms with van der Waals surface area (Å²) < 4.78 is 5.19. The number of aromatic nitrogens is 1. The Morgan fingerprint density at radius 2 is 1.70 bits per heavy atom. The van der Waals surface area contributed by atoms with Gasteiger partial charge in [0.25, 0.3) is 0 Å². The second-order valence-corrected chi connectivity index (χ2v) is 6.79. The number of ether oxygens (including phenoxy) is 1. The molecule has 1 N–H and O–H groups in total. The largest absolute Gasteiger partial charge is 0.497 e. The average Bonchev–Trinajstić information content (AvgIpc) is 2.96. The van der Waals surface area contributed by atoms with Crippen LogP contribution in [0.25, 0.3) is 22.2 Å². The van der Waals surface area contributed by atoms with Gasteiger partial charge in [0.1, 0.15) is 5.75 Å². The number of rotatable bonds is 3. The number of carbonyl (C=O) groups is 1. The molecule has 23 heavy (non-hydrogen) atoms. The fourth-order valence-corrected chi connectivity index (χ4v) is 2.63. The summed E-state index contributed by atoms with van der Waals surface area (Å²) in [5.41, 5.74) is 3.46. The van der Waals surface area contributed by atoms with E-state index in [1.165, 1.54) is 0 Å². The molecule has 0 amide bonds. The van der Waals surface area contributed by atoms with Crippen LogP contribution in [0.1, 0.15) is 31.1 Å². The Hall–Kier alpha value is -2.55. The molecule has 3 rings (SSSR count). The highest BCUT2D eigenvalue weighted by Gasteiger charge is 2.23. The van der Waals surface area contributed by atoms with E-state index in [4.69, 9.17) is 4.74 Å². The van der Waals surface area contributed by atoms with E-state index in [0.717, 1.165) is 33.5 Å². The molecule has 0 unspecified atom stereocenters. The fraction of sp³-hybridized carbons (Fsp3) is 0.250. The number of hydrogen-bond acceptors (Lipinski definition) is 2. The summed E-state index contributed by atoms with van der Waals surface area (Å²) in [5.74, 6) is 0.989. The van der Waals surface area contributed by atoms with Gasteiger partial charge in [0.15, 0.2) is 5.78 Å². The van der Waals surface area contributed by atoms with Gasteiger partial charge in [-0.15, -0.1) is 0 Å². The molecular weight excluding hydrogens is 286 g/mol. The summed E-state index contributed by atoms with van der Waals surface area (Å²) in [4.78, 5) is 15.8. The van der Waals surface area contributed by atoms with Gasteiger partial charge in [-0.05, 0) is 42.0 Å². The lowest BCUT2D eigenvalue weighted by molar-refractivity contribution is 0.0858. The third-order valence-electron chi connectivity index (χ3n) is 3.97. The van der Waals surface area contributed by atoms with Gasteiger partial charge >= 0.3 is 0 Å². The van der Waals surface area contributed by atoms with Crippen LogP contribution in [0.4, 0.5) is 0 Å². The molecule has 0 aliphatic carbocycles. The minimum absolute atomic E-state index is 0.153. The molecular formula is C20H21NO2. The summed E-state index contributed by atoms with van der Waals surface area (Å²) in [6.07, 6.45) is 0. The summed E-state index contributed by atoms with van der Waals surface area (Å²) in [5, 5.41) is 1.10. The number of fused-ring (bicyclic) bond motifs is 1. The Morgan fingerprint density at radius 3 is 2.30 bits per heavy atom. The number of nitrogens with one attached hydrogen (secondary N) is 1. The maximum atomic E-state index is 12.4. The van der Waals surface area contributed by atoms with Gasteiger partial charge in [0.2, 0.25) is 0 Å². The molecule has 0 saturated heterocycles. The van der Waals surface area contributed by atoms with Crippen molar-refractivity contribution >= 4 is 16.7 Å². The van der Waals surface area contributed by atoms with Crippen LogP contribution in [-0.4, -0.2) is 17.9 Å². The van der Waals surface area contributed by atoms with Crippen molar-refractivity contribution in [1.82, 2.24) is 4.98 Å². The topological polar surface area (TPSA) is 42.1 Å². The van der Waals surface area contributed by atoms with Crippen molar-refractivity contribution in [2.45, 2.75) is 20.8 Å². The number of hydrogen-bond donors (Lipinski definition) is 1. The van der Waals surface area contributed by atoms with Crippen LogP contribution in [0.15, 0.2) is 48.5 Å². The maximum absolute atomic E-state index is 12.4. The van der Waals surface area contributed by atoms with Crippen molar-refractivity contribution in [1.29, 1.82) is 0 Å². The van der Waals surface area contributed by atoms with E-state index in [0.29, 0.717) is 0 Å². The number of carbonyl (C=O) groups excluding carboxylic acids is 1. The van der Waals surface area contributed by atoms with Gasteiger partial charge in [0.05, 0.1) is 7.11 Å². The number of ketones is 1. The second-order valence-electron chi connectivity index (χ2n) is 6.79. The van der Waals surface area contributed by atoms with Gasteiger partial charge in [-0.25, -0.2) is 0 Å². The first-order valence-corrected chi connectivity index (χ1v) is 7.70. The van der Waals surface area contributed by atoms with Crippen molar-refractivity contribution in [3.05, 3.63) is 54.1 Å². The highest BCUT2D eigenvalue weighted by atomic mass is 16.5. The van der Waals surface area contributed by atoms with Crippen molar-refractivity contribution in [2.24, 2.45) is 5.41 Å².